The number of ether oxygens (including phenoxy) is 1. The van der Waals surface area contributed by atoms with E-state index in [2.05, 4.69) is 28.9 Å². The number of hydrogen-bond donors (Lipinski definition) is 0. The van der Waals surface area contributed by atoms with E-state index in [1.54, 1.807) is 0 Å². The fourth-order valence-corrected chi connectivity index (χ4v) is 4.01. The molecule has 1 aromatic heterocycles. The topological polar surface area (TPSA) is 25.4 Å². The van der Waals surface area contributed by atoms with Crippen molar-refractivity contribution in [1.82, 2.24) is 9.88 Å². The minimum atomic E-state index is 0.700. The second-order valence-corrected chi connectivity index (χ2v) is 6.59. The largest absolute Gasteiger partial charge is 0.475 e. The molecule has 0 amide bonds. The molecular weight excluding hydrogens is 272 g/mol. The highest BCUT2D eigenvalue weighted by Crippen LogP contribution is 2.36. The van der Waals surface area contributed by atoms with E-state index in [-0.39, 0.29) is 0 Å². The second-order valence-electron chi connectivity index (χ2n) is 6.59. The Morgan fingerprint density at radius 3 is 2.95 bits per heavy atom. The maximum atomic E-state index is 6.17. The molecule has 2 aromatic rings. The van der Waals surface area contributed by atoms with Crippen LogP contribution in [0, 0.1) is 0 Å². The minimum absolute atomic E-state index is 0.700. The normalized spacial score (nSPS) is 19.9. The third-order valence-corrected chi connectivity index (χ3v) is 5.23. The van der Waals surface area contributed by atoms with Crippen LogP contribution >= 0.6 is 0 Å². The van der Waals surface area contributed by atoms with Gasteiger partial charge in [0.1, 0.15) is 12.2 Å². The molecule has 0 spiro atoms. The van der Waals surface area contributed by atoms with Crippen LogP contribution in [0.2, 0.25) is 0 Å². The molecule has 1 aliphatic carbocycles. The van der Waals surface area contributed by atoms with Crippen molar-refractivity contribution in [1.29, 1.82) is 0 Å². The molecule has 0 N–H and O–H groups in total. The number of hydrogen-bond acceptors (Lipinski definition) is 3. The molecule has 3 heteroatoms. The smallest absolute Gasteiger partial charge is 0.152 e. The third-order valence-electron chi connectivity index (χ3n) is 5.23. The first-order chi connectivity index (χ1) is 10.9. The van der Waals surface area contributed by atoms with Crippen LogP contribution in [0.15, 0.2) is 24.4 Å². The van der Waals surface area contributed by atoms with Crippen molar-refractivity contribution in [3.05, 3.63) is 35.5 Å². The van der Waals surface area contributed by atoms with Gasteiger partial charge < -0.3 is 4.74 Å². The number of aryl methyl sites for hydroxylation is 1. The Balaban J connectivity index is 1.71. The molecule has 116 valence electrons. The van der Waals surface area contributed by atoms with Gasteiger partial charge in [-0.2, -0.15) is 0 Å². The Morgan fingerprint density at radius 2 is 2.14 bits per heavy atom. The van der Waals surface area contributed by atoms with Crippen LogP contribution in [0.4, 0.5) is 0 Å². The highest BCUT2D eigenvalue weighted by Gasteiger charge is 2.27. The van der Waals surface area contributed by atoms with E-state index < -0.39 is 0 Å². The molecule has 2 heterocycles. The number of benzene rings is 1. The summed E-state index contributed by atoms with van der Waals surface area (Å²) >= 11 is 0. The van der Waals surface area contributed by atoms with E-state index in [1.807, 2.05) is 12.3 Å². The van der Waals surface area contributed by atoms with Crippen molar-refractivity contribution >= 4 is 10.9 Å². The van der Waals surface area contributed by atoms with Crippen molar-refractivity contribution in [2.24, 2.45) is 0 Å². The first-order valence-electron chi connectivity index (χ1n) is 8.63. The predicted octanol–water partition coefficient (Wildman–Crippen LogP) is 4.28. The molecule has 0 saturated heterocycles. The predicted molar refractivity (Wildman–Crippen MR) is 89.0 cm³/mol. The summed E-state index contributed by atoms with van der Waals surface area (Å²) < 4.78 is 6.17. The molecule has 1 aliphatic heterocycles. The van der Waals surface area contributed by atoms with Crippen LogP contribution in [0.3, 0.4) is 0 Å². The zero-order valence-corrected chi connectivity index (χ0v) is 13.3. The molecule has 0 unspecified atom stereocenters. The Kier molecular flexibility index (Phi) is 3.75. The average Bonchev–Trinajstić information content (AvgIpc) is 2.61. The third kappa shape index (κ3) is 2.38. The van der Waals surface area contributed by atoms with Gasteiger partial charge in [0.15, 0.2) is 5.75 Å². The lowest BCUT2D eigenvalue weighted by molar-refractivity contribution is 0.0413. The molecule has 22 heavy (non-hydrogen) atoms. The highest BCUT2D eigenvalue weighted by atomic mass is 16.5. The van der Waals surface area contributed by atoms with E-state index in [0.717, 1.165) is 31.0 Å². The lowest BCUT2D eigenvalue weighted by Gasteiger charge is -2.37. The molecule has 3 nitrogen and oxygen atoms in total. The fraction of sp³-hybridized carbons (Fsp3) is 0.526. The summed E-state index contributed by atoms with van der Waals surface area (Å²) in [4.78, 5) is 7.12. The molecule has 1 fully saturated rings. The summed E-state index contributed by atoms with van der Waals surface area (Å²) in [6, 6.07) is 7.23. The van der Waals surface area contributed by atoms with Gasteiger partial charge in [-0.1, -0.05) is 38.3 Å². The zero-order chi connectivity index (χ0) is 14.9. The van der Waals surface area contributed by atoms with E-state index in [4.69, 9.17) is 4.74 Å². The molecular formula is C19H24N2O. The molecule has 1 saturated carbocycles. The summed E-state index contributed by atoms with van der Waals surface area (Å²) in [5.74, 6) is 1.01. The van der Waals surface area contributed by atoms with Gasteiger partial charge in [-0.25, -0.2) is 0 Å². The minimum Gasteiger partial charge on any atom is -0.475 e. The molecule has 2 aliphatic rings. The summed E-state index contributed by atoms with van der Waals surface area (Å²) in [5, 5.41) is 1.25. The van der Waals surface area contributed by atoms with Crippen molar-refractivity contribution in [2.45, 2.75) is 58.0 Å². The number of nitrogens with zero attached hydrogens (tertiary/aromatic N) is 2. The van der Waals surface area contributed by atoms with Crippen molar-refractivity contribution in [3.8, 4) is 5.75 Å². The number of fused-ring (bicyclic) bond motifs is 3. The van der Waals surface area contributed by atoms with Crippen LogP contribution in [-0.2, 0) is 13.0 Å². The van der Waals surface area contributed by atoms with Crippen LogP contribution in [0.1, 0.15) is 50.2 Å². The monoisotopic (exact) mass is 296 g/mol. The van der Waals surface area contributed by atoms with Gasteiger partial charge in [-0.3, -0.25) is 9.88 Å². The maximum absolute atomic E-state index is 6.17. The SMILES string of the molecule is CCc1cc2c(c3ncccc13)OCN(C1CCCCC1)C2. The van der Waals surface area contributed by atoms with Gasteiger partial charge >= 0.3 is 0 Å². The first-order valence-corrected chi connectivity index (χ1v) is 8.63. The van der Waals surface area contributed by atoms with E-state index >= 15 is 0 Å². The molecule has 0 atom stereocenters. The van der Waals surface area contributed by atoms with Crippen molar-refractivity contribution in [3.63, 3.8) is 0 Å². The Morgan fingerprint density at radius 1 is 1.27 bits per heavy atom. The number of pyridine rings is 1. The fourth-order valence-electron chi connectivity index (χ4n) is 4.01. The zero-order valence-electron chi connectivity index (χ0n) is 13.3. The van der Waals surface area contributed by atoms with Crippen molar-refractivity contribution < 1.29 is 4.74 Å². The van der Waals surface area contributed by atoms with Gasteiger partial charge in [-0.15, -0.1) is 0 Å². The van der Waals surface area contributed by atoms with Crippen LogP contribution < -0.4 is 4.74 Å². The Hall–Kier alpha value is -1.61. The summed E-state index contributed by atoms with van der Waals surface area (Å²) in [6.07, 6.45) is 9.70. The second kappa shape index (κ2) is 5.88. The van der Waals surface area contributed by atoms with Crippen LogP contribution in [0.25, 0.3) is 10.9 Å². The van der Waals surface area contributed by atoms with Gasteiger partial charge in [0.2, 0.25) is 0 Å². The summed E-state index contributed by atoms with van der Waals surface area (Å²) in [6.45, 7) is 3.95. The summed E-state index contributed by atoms with van der Waals surface area (Å²) in [7, 11) is 0. The highest BCUT2D eigenvalue weighted by molar-refractivity contribution is 5.89. The van der Waals surface area contributed by atoms with Gasteiger partial charge in [0, 0.05) is 29.7 Å². The molecule has 0 bridgehead atoms. The lowest BCUT2D eigenvalue weighted by atomic mass is 9.93. The van der Waals surface area contributed by atoms with E-state index in [9.17, 15) is 0 Å². The van der Waals surface area contributed by atoms with Crippen LogP contribution in [-0.4, -0.2) is 22.7 Å². The first kappa shape index (κ1) is 14.0. The maximum Gasteiger partial charge on any atom is 0.152 e. The number of rotatable bonds is 2. The molecule has 0 radical (unpaired) electrons. The Labute approximate surface area is 132 Å². The van der Waals surface area contributed by atoms with Crippen molar-refractivity contribution in [2.75, 3.05) is 6.73 Å². The Bertz CT molecular complexity index is 676. The molecule has 4 rings (SSSR count). The summed E-state index contributed by atoms with van der Waals surface area (Å²) in [5.41, 5.74) is 3.75. The quantitative estimate of drug-likeness (QED) is 0.827. The van der Waals surface area contributed by atoms with Gasteiger partial charge in [0.05, 0.1) is 0 Å². The van der Waals surface area contributed by atoms with Gasteiger partial charge in [-0.05, 0) is 30.9 Å². The van der Waals surface area contributed by atoms with Gasteiger partial charge in [0.25, 0.3) is 0 Å². The number of aromatic nitrogens is 1. The lowest BCUT2D eigenvalue weighted by Crippen LogP contribution is -2.41. The van der Waals surface area contributed by atoms with E-state index in [0.29, 0.717) is 6.04 Å². The standard InChI is InChI=1S/C19H24N2O/c1-2-14-11-15-12-21(16-7-4-3-5-8-16)13-22-19(15)18-17(14)9-6-10-20-18/h6,9-11,16H,2-5,7-8,12-13H2,1H3. The average molecular weight is 296 g/mol. The van der Waals surface area contributed by atoms with Crippen LogP contribution in [0.5, 0.6) is 5.75 Å². The molecule has 1 aromatic carbocycles. The van der Waals surface area contributed by atoms with E-state index in [1.165, 1.54) is 48.6 Å².